The zero-order valence-electron chi connectivity index (χ0n) is 13.2. The van der Waals surface area contributed by atoms with Crippen molar-refractivity contribution < 1.29 is 29.3 Å². The highest BCUT2D eigenvalue weighted by Gasteiger charge is 2.04. The molecule has 2 rings (SSSR count). The molecule has 8 heteroatoms. The summed E-state index contributed by atoms with van der Waals surface area (Å²) in [5, 5.41) is 18.9. The van der Waals surface area contributed by atoms with Gasteiger partial charge in [0.2, 0.25) is 0 Å². The molecule has 2 aromatic carbocycles. The van der Waals surface area contributed by atoms with Gasteiger partial charge in [0.05, 0.1) is 7.11 Å². The number of benzene rings is 2. The molecule has 0 aliphatic rings. The highest BCUT2D eigenvalue weighted by molar-refractivity contribution is 5.88. The molecule has 130 valence electrons. The van der Waals surface area contributed by atoms with E-state index in [1.54, 1.807) is 24.3 Å². The molecule has 0 aliphatic carbocycles. The number of carbonyl (C=O) groups excluding carboxylic acids is 1. The highest BCUT2D eigenvalue weighted by Crippen LogP contribution is 2.26. The number of phenolic OH excluding ortho intramolecular Hbond substituents is 1. The van der Waals surface area contributed by atoms with Gasteiger partial charge in [-0.25, -0.2) is 4.79 Å². The molecule has 0 radical (unpaired) electrons. The Morgan fingerprint density at radius 2 is 1.96 bits per heavy atom. The van der Waals surface area contributed by atoms with E-state index in [1.165, 1.54) is 37.5 Å². The van der Waals surface area contributed by atoms with E-state index in [2.05, 4.69) is 4.84 Å². The Balaban J connectivity index is 1.93. The molecule has 1 N–H and O–H groups in total. The van der Waals surface area contributed by atoms with Crippen LogP contribution in [0.5, 0.6) is 17.2 Å². The van der Waals surface area contributed by atoms with Crippen molar-refractivity contribution in [3.63, 3.8) is 0 Å². The van der Waals surface area contributed by atoms with Crippen LogP contribution in [0.3, 0.4) is 0 Å². The largest absolute Gasteiger partial charge is 0.504 e. The summed E-state index contributed by atoms with van der Waals surface area (Å²) in [5.74, 6) is -0.0203. The first kappa shape index (κ1) is 17.8. The first-order valence-corrected chi connectivity index (χ1v) is 7.11. The van der Waals surface area contributed by atoms with Gasteiger partial charge in [-0.05, 0) is 41.5 Å². The summed E-state index contributed by atoms with van der Waals surface area (Å²) in [4.78, 5) is 26.1. The van der Waals surface area contributed by atoms with Crippen LogP contribution in [0.2, 0.25) is 0 Å². The summed E-state index contributed by atoms with van der Waals surface area (Å²) >= 11 is 0. The number of nitrogens with zero attached hydrogens (tertiary/aromatic N) is 1. The Morgan fingerprint density at radius 3 is 2.56 bits per heavy atom. The monoisotopic (exact) mass is 345 g/mol. The van der Waals surface area contributed by atoms with E-state index in [0.717, 1.165) is 0 Å². The molecule has 0 saturated carbocycles. The molecule has 0 unspecified atom stereocenters. The second-order valence-electron chi connectivity index (χ2n) is 4.83. The molecule has 0 amide bonds. The molecular weight excluding hydrogens is 330 g/mol. The normalized spacial score (nSPS) is 10.4. The van der Waals surface area contributed by atoms with Crippen molar-refractivity contribution in [2.24, 2.45) is 0 Å². The topological polar surface area (TPSA) is 108 Å². The molecule has 0 atom stereocenters. The number of methoxy groups -OCH3 is 1. The quantitative estimate of drug-likeness (QED) is 0.270. The average molecular weight is 345 g/mol. The van der Waals surface area contributed by atoms with Gasteiger partial charge < -0.3 is 19.4 Å². The maximum Gasteiger partial charge on any atom is 0.336 e. The zero-order chi connectivity index (χ0) is 18.2. The van der Waals surface area contributed by atoms with Crippen LogP contribution in [0.25, 0.3) is 6.08 Å². The van der Waals surface area contributed by atoms with Crippen molar-refractivity contribution in [3.05, 3.63) is 69.8 Å². The smallest absolute Gasteiger partial charge is 0.336 e. The van der Waals surface area contributed by atoms with E-state index in [-0.39, 0.29) is 18.1 Å². The summed E-state index contributed by atoms with van der Waals surface area (Å²) in [6, 6.07) is 10.8. The highest BCUT2D eigenvalue weighted by atomic mass is 16.9. The molecule has 0 spiro atoms. The van der Waals surface area contributed by atoms with Gasteiger partial charge in [0.25, 0.3) is 5.09 Å². The molecule has 2 aromatic rings. The summed E-state index contributed by atoms with van der Waals surface area (Å²) in [7, 11) is 1.44. The molecule has 0 fully saturated rings. The van der Waals surface area contributed by atoms with Gasteiger partial charge in [-0.15, -0.1) is 10.1 Å². The predicted molar refractivity (Wildman–Crippen MR) is 87.6 cm³/mol. The lowest BCUT2D eigenvalue weighted by molar-refractivity contribution is -0.763. The van der Waals surface area contributed by atoms with Crippen molar-refractivity contribution in [2.75, 3.05) is 7.11 Å². The van der Waals surface area contributed by atoms with Gasteiger partial charge in [-0.1, -0.05) is 18.2 Å². The van der Waals surface area contributed by atoms with Gasteiger partial charge in [-0.2, -0.15) is 0 Å². The van der Waals surface area contributed by atoms with Crippen molar-refractivity contribution in [3.8, 4) is 17.2 Å². The third-order valence-electron chi connectivity index (χ3n) is 3.09. The van der Waals surface area contributed by atoms with Crippen LogP contribution >= 0.6 is 0 Å². The number of phenols is 1. The number of ether oxygens (including phenoxy) is 2. The van der Waals surface area contributed by atoms with Crippen LogP contribution in [-0.2, 0) is 16.2 Å². The van der Waals surface area contributed by atoms with Crippen molar-refractivity contribution >= 4 is 12.0 Å². The lowest BCUT2D eigenvalue weighted by Gasteiger charge is -2.04. The number of aromatic hydroxyl groups is 1. The van der Waals surface area contributed by atoms with Crippen molar-refractivity contribution in [1.29, 1.82) is 0 Å². The minimum absolute atomic E-state index is 0.0365. The Morgan fingerprint density at radius 1 is 1.24 bits per heavy atom. The first-order chi connectivity index (χ1) is 12.0. The van der Waals surface area contributed by atoms with E-state index < -0.39 is 11.1 Å². The van der Waals surface area contributed by atoms with Gasteiger partial charge in [0, 0.05) is 6.08 Å². The third-order valence-corrected chi connectivity index (χ3v) is 3.09. The van der Waals surface area contributed by atoms with E-state index in [4.69, 9.17) is 9.47 Å². The minimum Gasteiger partial charge on any atom is -0.504 e. The Bertz CT molecular complexity index is 784. The van der Waals surface area contributed by atoms with Crippen LogP contribution in [0, 0.1) is 10.1 Å². The number of esters is 1. The van der Waals surface area contributed by atoms with Gasteiger partial charge in [0.15, 0.2) is 11.5 Å². The van der Waals surface area contributed by atoms with E-state index in [1.807, 2.05) is 0 Å². The molecule has 0 saturated heterocycles. The van der Waals surface area contributed by atoms with E-state index >= 15 is 0 Å². The molecule has 25 heavy (non-hydrogen) atoms. The van der Waals surface area contributed by atoms with Crippen LogP contribution in [0.1, 0.15) is 11.1 Å². The second-order valence-corrected chi connectivity index (χ2v) is 4.83. The number of hydrogen-bond acceptors (Lipinski definition) is 7. The fraction of sp³-hybridized carbons (Fsp3) is 0.118. The van der Waals surface area contributed by atoms with Crippen LogP contribution < -0.4 is 9.47 Å². The molecule has 0 bridgehead atoms. The fourth-order valence-electron chi connectivity index (χ4n) is 1.91. The Hall–Kier alpha value is -3.55. The Kier molecular flexibility index (Phi) is 5.94. The predicted octanol–water partition coefficient (Wildman–Crippen LogP) is 2.73. The molecule has 0 heterocycles. The third kappa shape index (κ3) is 5.54. The molecule has 0 aliphatic heterocycles. The maximum atomic E-state index is 11.8. The number of hydrogen-bond donors (Lipinski definition) is 1. The van der Waals surface area contributed by atoms with Crippen LogP contribution in [-0.4, -0.2) is 23.3 Å². The summed E-state index contributed by atoms with van der Waals surface area (Å²) in [5.41, 5.74) is 1.17. The minimum atomic E-state index is -0.879. The first-order valence-electron chi connectivity index (χ1n) is 7.11. The fourth-order valence-corrected chi connectivity index (χ4v) is 1.91. The Labute approximate surface area is 143 Å². The second kappa shape index (κ2) is 8.34. The van der Waals surface area contributed by atoms with Gasteiger partial charge >= 0.3 is 5.97 Å². The summed E-state index contributed by atoms with van der Waals surface area (Å²) < 4.78 is 10.0. The lowest BCUT2D eigenvalue weighted by Crippen LogP contribution is -2.04. The lowest BCUT2D eigenvalue weighted by atomic mass is 10.2. The number of carbonyl (C=O) groups is 1. The number of rotatable bonds is 7. The standard InChI is InChI=1S/C17H15NO7/c1-23-16-8-4-12(10-15(16)19)5-9-17(20)25-14-6-2-13(3-7-14)11-24-18(21)22/h2-10,19H,11H2,1H3/b9-5+. The van der Waals surface area contributed by atoms with Crippen LogP contribution in [0.15, 0.2) is 48.5 Å². The summed E-state index contributed by atoms with van der Waals surface area (Å²) in [6.45, 7) is -0.178. The zero-order valence-corrected chi connectivity index (χ0v) is 13.2. The van der Waals surface area contributed by atoms with Gasteiger partial charge in [-0.3, -0.25) is 0 Å². The molecule has 8 nitrogen and oxygen atoms in total. The van der Waals surface area contributed by atoms with E-state index in [0.29, 0.717) is 16.9 Å². The van der Waals surface area contributed by atoms with E-state index in [9.17, 15) is 20.0 Å². The van der Waals surface area contributed by atoms with Gasteiger partial charge in [0.1, 0.15) is 12.4 Å². The SMILES string of the molecule is COc1ccc(/C=C/C(=O)Oc2ccc(CO[N+](=O)[O-])cc2)cc1O. The maximum absolute atomic E-state index is 11.8. The van der Waals surface area contributed by atoms with Crippen molar-refractivity contribution in [1.82, 2.24) is 0 Å². The average Bonchev–Trinajstić information content (AvgIpc) is 2.59. The molecular formula is C17H15NO7. The van der Waals surface area contributed by atoms with Crippen LogP contribution in [0.4, 0.5) is 0 Å². The molecule has 0 aromatic heterocycles. The van der Waals surface area contributed by atoms with Crippen molar-refractivity contribution in [2.45, 2.75) is 6.61 Å². The summed E-state index contributed by atoms with van der Waals surface area (Å²) in [6.07, 6.45) is 2.70.